The fourth-order valence-corrected chi connectivity index (χ4v) is 8.33. The standard InChI is InChI=1S/C29H44O3/c1-3-8-27(30)32-23-12-13-24-20(18-23)17-21(19-31-22-9-5-4-6-10-22)28-25(24)14-16-29(2)15-7-11-26(28)29/h9,18,21,23-26,28H,3-8,10-17,19H2,1-2H3/t21-,23+,24-,25+,26-,28+,29-/m0/s1. The van der Waals surface area contributed by atoms with Gasteiger partial charge in [0.1, 0.15) is 6.10 Å². The molecule has 0 aromatic carbocycles. The summed E-state index contributed by atoms with van der Waals surface area (Å²) in [5, 5.41) is 0. The number of carbonyl (C=O) groups is 1. The number of fused-ring (bicyclic) bond motifs is 5. The van der Waals surface area contributed by atoms with Gasteiger partial charge in [0, 0.05) is 18.8 Å². The van der Waals surface area contributed by atoms with Crippen molar-refractivity contribution in [3.8, 4) is 0 Å². The lowest BCUT2D eigenvalue weighted by atomic mass is 9.49. The summed E-state index contributed by atoms with van der Waals surface area (Å²) in [4.78, 5) is 12.1. The molecule has 7 atom stereocenters. The summed E-state index contributed by atoms with van der Waals surface area (Å²) in [6, 6.07) is 0. The molecule has 3 saturated carbocycles. The molecule has 3 nitrogen and oxygen atoms in total. The number of hydrogen-bond acceptors (Lipinski definition) is 3. The summed E-state index contributed by atoms with van der Waals surface area (Å²) < 4.78 is 12.3. The Balaban J connectivity index is 1.36. The van der Waals surface area contributed by atoms with Gasteiger partial charge in [-0.25, -0.2) is 0 Å². The third-order valence-electron chi connectivity index (χ3n) is 9.83. The maximum Gasteiger partial charge on any atom is 0.306 e. The molecule has 0 saturated heterocycles. The van der Waals surface area contributed by atoms with Crippen LogP contribution in [-0.2, 0) is 14.3 Å². The number of rotatable bonds is 6. The molecular weight excluding hydrogens is 396 g/mol. The lowest BCUT2D eigenvalue weighted by molar-refractivity contribution is -0.147. The van der Waals surface area contributed by atoms with E-state index in [4.69, 9.17) is 9.47 Å². The molecule has 5 aliphatic rings. The van der Waals surface area contributed by atoms with Gasteiger partial charge >= 0.3 is 5.97 Å². The normalized spacial score (nSPS) is 40.9. The Morgan fingerprint density at radius 1 is 1.12 bits per heavy atom. The Morgan fingerprint density at radius 2 is 2.03 bits per heavy atom. The van der Waals surface area contributed by atoms with Crippen LogP contribution < -0.4 is 0 Å². The van der Waals surface area contributed by atoms with E-state index in [0.29, 0.717) is 17.8 Å². The smallest absolute Gasteiger partial charge is 0.306 e. The lowest BCUT2D eigenvalue weighted by Gasteiger charge is -2.56. The zero-order valence-corrected chi connectivity index (χ0v) is 20.5. The molecule has 0 heterocycles. The number of allylic oxidation sites excluding steroid dienone is 3. The van der Waals surface area contributed by atoms with Crippen molar-refractivity contribution < 1.29 is 14.3 Å². The van der Waals surface area contributed by atoms with Crippen LogP contribution in [0.2, 0.25) is 0 Å². The van der Waals surface area contributed by atoms with Gasteiger partial charge in [-0.2, -0.15) is 0 Å². The number of hydrogen-bond donors (Lipinski definition) is 0. The molecule has 0 amide bonds. The van der Waals surface area contributed by atoms with Gasteiger partial charge in [-0.3, -0.25) is 4.79 Å². The zero-order chi connectivity index (χ0) is 22.1. The van der Waals surface area contributed by atoms with Gasteiger partial charge in [0.25, 0.3) is 0 Å². The van der Waals surface area contributed by atoms with Crippen molar-refractivity contribution in [2.75, 3.05) is 6.61 Å². The van der Waals surface area contributed by atoms with Crippen LogP contribution in [0.4, 0.5) is 0 Å². The van der Waals surface area contributed by atoms with Crippen molar-refractivity contribution in [1.29, 1.82) is 0 Å². The molecule has 0 spiro atoms. The SMILES string of the molecule is CCCC(=O)O[C@H]1C=C2C[C@@H](COC3=CCCCC3)[C@@H]3[C@H](CC[C@]4(C)CCC[C@@H]34)[C@H]2CC1. The third-order valence-corrected chi connectivity index (χ3v) is 9.83. The van der Waals surface area contributed by atoms with Gasteiger partial charge in [-0.15, -0.1) is 0 Å². The van der Waals surface area contributed by atoms with Crippen LogP contribution in [0.25, 0.3) is 0 Å². The lowest BCUT2D eigenvalue weighted by Crippen LogP contribution is -2.49. The second kappa shape index (κ2) is 9.55. The van der Waals surface area contributed by atoms with Crippen molar-refractivity contribution in [2.24, 2.45) is 35.0 Å². The second-order valence-corrected chi connectivity index (χ2v) is 11.8. The fourth-order valence-electron chi connectivity index (χ4n) is 8.33. The molecule has 5 rings (SSSR count). The van der Waals surface area contributed by atoms with Crippen molar-refractivity contribution in [3.63, 3.8) is 0 Å². The summed E-state index contributed by atoms with van der Waals surface area (Å²) in [5.74, 6) is 5.09. The Morgan fingerprint density at radius 3 is 2.84 bits per heavy atom. The summed E-state index contributed by atoms with van der Waals surface area (Å²) in [5.41, 5.74) is 2.16. The Kier molecular flexibility index (Phi) is 6.72. The van der Waals surface area contributed by atoms with E-state index in [1.807, 2.05) is 6.92 Å². The van der Waals surface area contributed by atoms with Crippen LogP contribution in [0.1, 0.15) is 104 Å². The minimum atomic E-state index is -0.0232. The number of carbonyl (C=O) groups excluding carboxylic acids is 1. The van der Waals surface area contributed by atoms with E-state index in [9.17, 15) is 4.79 Å². The molecule has 3 fully saturated rings. The summed E-state index contributed by atoms with van der Waals surface area (Å²) in [7, 11) is 0. The first-order valence-corrected chi connectivity index (χ1v) is 13.8. The van der Waals surface area contributed by atoms with Crippen LogP contribution in [0.15, 0.2) is 23.5 Å². The van der Waals surface area contributed by atoms with E-state index < -0.39 is 0 Å². The van der Waals surface area contributed by atoms with E-state index in [2.05, 4.69) is 19.1 Å². The predicted molar refractivity (Wildman–Crippen MR) is 128 cm³/mol. The first-order valence-electron chi connectivity index (χ1n) is 13.8. The molecule has 32 heavy (non-hydrogen) atoms. The number of ether oxygens (including phenoxy) is 2. The van der Waals surface area contributed by atoms with Crippen molar-refractivity contribution in [1.82, 2.24) is 0 Å². The van der Waals surface area contributed by atoms with Crippen LogP contribution in [-0.4, -0.2) is 18.7 Å². The van der Waals surface area contributed by atoms with Crippen LogP contribution in [0.5, 0.6) is 0 Å². The maximum atomic E-state index is 12.1. The van der Waals surface area contributed by atoms with E-state index in [1.165, 1.54) is 63.5 Å². The van der Waals surface area contributed by atoms with Gasteiger partial charge in [0.05, 0.1) is 12.4 Å². The predicted octanol–water partition coefficient (Wildman–Crippen LogP) is 7.36. The highest BCUT2D eigenvalue weighted by Crippen LogP contribution is 2.63. The largest absolute Gasteiger partial charge is 0.498 e. The molecule has 0 unspecified atom stereocenters. The first kappa shape index (κ1) is 22.5. The maximum absolute atomic E-state index is 12.1. The minimum Gasteiger partial charge on any atom is -0.498 e. The van der Waals surface area contributed by atoms with E-state index in [1.54, 1.807) is 5.57 Å². The van der Waals surface area contributed by atoms with Crippen molar-refractivity contribution >= 4 is 5.97 Å². The van der Waals surface area contributed by atoms with Crippen LogP contribution in [0, 0.1) is 35.0 Å². The highest BCUT2D eigenvalue weighted by molar-refractivity contribution is 5.69. The van der Waals surface area contributed by atoms with E-state index in [-0.39, 0.29) is 12.1 Å². The van der Waals surface area contributed by atoms with Gasteiger partial charge < -0.3 is 9.47 Å². The molecule has 0 N–H and O–H groups in total. The minimum absolute atomic E-state index is 0.000178. The Bertz CT molecular complexity index is 752. The van der Waals surface area contributed by atoms with Gasteiger partial charge in [0.15, 0.2) is 0 Å². The highest BCUT2D eigenvalue weighted by atomic mass is 16.5. The molecule has 3 heteroatoms. The van der Waals surface area contributed by atoms with E-state index in [0.717, 1.165) is 56.0 Å². The average Bonchev–Trinajstić information content (AvgIpc) is 3.19. The molecular formula is C29H44O3. The topological polar surface area (TPSA) is 35.5 Å². The summed E-state index contributed by atoms with van der Waals surface area (Å²) in [6.07, 6.45) is 21.5. The van der Waals surface area contributed by atoms with Gasteiger partial charge in [-0.05, 0) is 112 Å². The van der Waals surface area contributed by atoms with Crippen LogP contribution in [0.3, 0.4) is 0 Å². The molecule has 0 aromatic heterocycles. The molecule has 0 aromatic rings. The zero-order valence-electron chi connectivity index (χ0n) is 20.5. The second-order valence-electron chi connectivity index (χ2n) is 11.8. The number of esters is 1. The van der Waals surface area contributed by atoms with E-state index >= 15 is 0 Å². The van der Waals surface area contributed by atoms with Crippen molar-refractivity contribution in [3.05, 3.63) is 23.5 Å². The average molecular weight is 441 g/mol. The van der Waals surface area contributed by atoms with Crippen LogP contribution >= 0.6 is 0 Å². The summed E-state index contributed by atoms with van der Waals surface area (Å²) in [6.45, 7) is 5.53. The van der Waals surface area contributed by atoms with Crippen molar-refractivity contribution in [2.45, 2.75) is 110 Å². The quantitative estimate of drug-likeness (QED) is 0.320. The first-order chi connectivity index (χ1) is 15.6. The fraction of sp³-hybridized carbons (Fsp3) is 0.828. The Labute approximate surface area is 195 Å². The molecule has 0 radical (unpaired) electrons. The summed E-state index contributed by atoms with van der Waals surface area (Å²) >= 11 is 0. The van der Waals surface area contributed by atoms with Gasteiger partial charge in [-0.1, -0.05) is 25.8 Å². The van der Waals surface area contributed by atoms with Gasteiger partial charge in [0.2, 0.25) is 0 Å². The third kappa shape index (κ3) is 4.42. The molecule has 0 aliphatic heterocycles. The molecule has 5 aliphatic carbocycles. The molecule has 0 bridgehead atoms. The monoisotopic (exact) mass is 440 g/mol. The highest BCUT2D eigenvalue weighted by Gasteiger charge is 2.55. The molecule has 178 valence electrons. The Hall–Kier alpha value is -1.25.